The molecule has 2 amide bonds. The van der Waals surface area contributed by atoms with Gasteiger partial charge in [-0.3, -0.25) is 14.6 Å². The summed E-state index contributed by atoms with van der Waals surface area (Å²) < 4.78 is 5.30. The number of benzene rings is 4. The Morgan fingerprint density at radius 3 is 1.97 bits per heavy atom. The molecule has 0 aromatic heterocycles. The fraction of sp³-hybridized carbons (Fsp3) is 0.156. The maximum absolute atomic E-state index is 14.3. The third-order valence-electron chi connectivity index (χ3n) is 8.19. The van der Waals surface area contributed by atoms with Gasteiger partial charge in [0.1, 0.15) is 5.75 Å². The van der Waals surface area contributed by atoms with Crippen LogP contribution in [0.3, 0.4) is 0 Å². The van der Waals surface area contributed by atoms with Crippen molar-refractivity contribution in [2.75, 3.05) is 12.0 Å². The number of hydrogen-bond donors (Lipinski definition) is 0. The second kappa shape index (κ2) is 8.00. The van der Waals surface area contributed by atoms with Gasteiger partial charge in [-0.15, -0.1) is 0 Å². The number of hydrogen-bond acceptors (Lipinski definition) is 4. The van der Waals surface area contributed by atoms with Crippen molar-refractivity contribution in [1.29, 1.82) is 0 Å². The van der Waals surface area contributed by atoms with Crippen LogP contribution < -0.4 is 9.64 Å². The lowest BCUT2D eigenvalue weighted by Crippen LogP contribution is -2.54. The van der Waals surface area contributed by atoms with E-state index in [9.17, 15) is 9.59 Å². The monoisotopic (exact) mass is 484 g/mol. The first kappa shape index (κ1) is 21.7. The third-order valence-corrected chi connectivity index (χ3v) is 8.19. The van der Waals surface area contributed by atoms with Crippen LogP contribution in [0.15, 0.2) is 108 Å². The molecule has 1 aliphatic heterocycles. The quantitative estimate of drug-likeness (QED) is 0.278. The van der Waals surface area contributed by atoms with E-state index < -0.39 is 17.3 Å². The van der Waals surface area contributed by atoms with Crippen molar-refractivity contribution in [1.82, 2.24) is 0 Å². The third kappa shape index (κ3) is 2.88. The lowest BCUT2D eigenvalue weighted by atomic mass is 9.47. The van der Waals surface area contributed by atoms with Gasteiger partial charge in [0.05, 0.1) is 35.7 Å². The van der Waals surface area contributed by atoms with E-state index in [1.54, 1.807) is 7.11 Å². The van der Waals surface area contributed by atoms with Crippen LogP contribution in [0.25, 0.3) is 0 Å². The van der Waals surface area contributed by atoms with Gasteiger partial charge in [-0.05, 0) is 58.7 Å². The fourth-order valence-electron chi connectivity index (χ4n) is 6.73. The van der Waals surface area contributed by atoms with Gasteiger partial charge in [-0.25, -0.2) is 4.90 Å². The first-order valence-corrected chi connectivity index (χ1v) is 12.5. The van der Waals surface area contributed by atoms with Crippen LogP contribution in [0, 0.1) is 11.8 Å². The number of imide groups is 1. The second-order valence-corrected chi connectivity index (χ2v) is 9.83. The zero-order valence-corrected chi connectivity index (χ0v) is 20.2. The van der Waals surface area contributed by atoms with Crippen LogP contribution in [0.1, 0.15) is 28.2 Å². The molecule has 0 saturated carbocycles. The molecule has 4 aromatic rings. The van der Waals surface area contributed by atoms with Gasteiger partial charge in [-0.2, -0.15) is 0 Å². The van der Waals surface area contributed by atoms with E-state index in [4.69, 9.17) is 9.73 Å². The molecule has 1 heterocycles. The molecule has 8 rings (SSSR count). The van der Waals surface area contributed by atoms with E-state index in [0.717, 1.165) is 33.7 Å². The van der Waals surface area contributed by atoms with Crippen molar-refractivity contribution in [3.8, 4) is 5.75 Å². The van der Waals surface area contributed by atoms with E-state index >= 15 is 0 Å². The molecule has 4 aliphatic rings. The Labute approximate surface area is 215 Å². The largest absolute Gasteiger partial charge is 0.497 e. The van der Waals surface area contributed by atoms with Crippen molar-refractivity contribution in [2.45, 2.75) is 11.3 Å². The van der Waals surface area contributed by atoms with E-state index in [-0.39, 0.29) is 17.7 Å². The Kier molecular flexibility index (Phi) is 4.70. The molecule has 5 nitrogen and oxygen atoms in total. The number of rotatable bonds is 4. The summed E-state index contributed by atoms with van der Waals surface area (Å²) in [6, 6.07) is 33.2. The Bertz CT molecular complexity index is 1530. The molecule has 3 aliphatic carbocycles. The summed E-state index contributed by atoms with van der Waals surface area (Å²) in [6.07, 6.45) is 1.92. The van der Waals surface area contributed by atoms with Gasteiger partial charge in [0.2, 0.25) is 11.8 Å². The Morgan fingerprint density at radius 1 is 0.757 bits per heavy atom. The van der Waals surface area contributed by atoms with Crippen molar-refractivity contribution in [2.24, 2.45) is 16.8 Å². The lowest BCUT2D eigenvalue weighted by molar-refractivity contribution is -0.122. The van der Waals surface area contributed by atoms with Crippen LogP contribution in [-0.4, -0.2) is 25.1 Å². The van der Waals surface area contributed by atoms with Gasteiger partial charge in [-0.1, -0.05) is 66.7 Å². The average molecular weight is 485 g/mol. The number of amides is 2. The van der Waals surface area contributed by atoms with Gasteiger partial charge < -0.3 is 4.74 Å². The number of ether oxygens (including phenoxy) is 1. The number of carbonyl (C=O) groups excluding carboxylic acids is 2. The molecule has 180 valence electrons. The summed E-state index contributed by atoms with van der Waals surface area (Å²) in [7, 11) is 1.63. The van der Waals surface area contributed by atoms with Crippen LogP contribution in [0.2, 0.25) is 0 Å². The number of nitrogens with zero attached hydrogens (tertiary/aromatic N) is 2. The molecule has 2 bridgehead atoms. The minimum atomic E-state index is -0.872. The molecule has 5 heteroatoms. The zero-order valence-electron chi connectivity index (χ0n) is 20.2. The van der Waals surface area contributed by atoms with Crippen LogP contribution in [-0.2, 0) is 15.0 Å². The number of carbonyl (C=O) groups is 2. The molecule has 1 fully saturated rings. The Morgan fingerprint density at radius 2 is 1.35 bits per heavy atom. The molecular weight excluding hydrogens is 460 g/mol. The van der Waals surface area contributed by atoms with Crippen LogP contribution in [0.5, 0.6) is 5.75 Å². The predicted octanol–water partition coefficient (Wildman–Crippen LogP) is 5.65. The van der Waals surface area contributed by atoms with Crippen molar-refractivity contribution in [3.63, 3.8) is 0 Å². The standard InChI is InChI=1S/C32H24N2O3/c1-37-22-17-15-20(16-18-22)33-19-32-25-13-7-5-11-23(25)27(24-12-6-8-14-26(24)32)28-29(32)31(36)34(30(28)35)21-9-3-2-4-10-21/h2-19,27-29H,1H3/t27?,28-,29-,32?/m0/s1. The predicted molar refractivity (Wildman–Crippen MR) is 143 cm³/mol. The highest BCUT2D eigenvalue weighted by Crippen LogP contribution is 2.63. The smallest absolute Gasteiger partial charge is 0.239 e. The summed E-state index contributed by atoms with van der Waals surface area (Å²) in [4.78, 5) is 34.7. The average Bonchev–Trinajstić information content (AvgIpc) is 3.23. The van der Waals surface area contributed by atoms with Crippen molar-refractivity contribution < 1.29 is 14.3 Å². The topological polar surface area (TPSA) is 59.0 Å². The summed E-state index contributed by atoms with van der Waals surface area (Å²) in [5.41, 5.74) is 4.79. The molecular formula is C32H24N2O3. The molecule has 0 unspecified atom stereocenters. The lowest BCUT2D eigenvalue weighted by Gasteiger charge is -2.52. The normalized spacial score (nSPS) is 25.2. The Balaban J connectivity index is 1.49. The minimum absolute atomic E-state index is 0.141. The number of aliphatic imine (C=N–C) groups is 1. The van der Waals surface area contributed by atoms with Crippen molar-refractivity contribution >= 4 is 29.4 Å². The first-order valence-electron chi connectivity index (χ1n) is 12.5. The fourth-order valence-corrected chi connectivity index (χ4v) is 6.73. The van der Waals surface area contributed by atoms with Crippen molar-refractivity contribution in [3.05, 3.63) is 125 Å². The maximum atomic E-state index is 14.3. The maximum Gasteiger partial charge on any atom is 0.239 e. The van der Waals surface area contributed by atoms with E-state index in [1.165, 1.54) is 4.90 Å². The van der Waals surface area contributed by atoms with Gasteiger partial charge in [0, 0.05) is 12.1 Å². The van der Waals surface area contributed by atoms with E-state index in [0.29, 0.717) is 5.69 Å². The molecule has 37 heavy (non-hydrogen) atoms. The summed E-state index contributed by atoms with van der Waals surface area (Å²) in [6.45, 7) is 0. The van der Waals surface area contributed by atoms with Crippen LogP contribution in [0.4, 0.5) is 11.4 Å². The van der Waals surface area contributed by atoms with Gasteiger partial charge in [0.15, 0.2) is 0 Å². The highest BCUT2D eigenvalue weighted by Gasteiger charge is 2.67. The molecule has 0 N–H and O–H groups in total. The molecule has 0 radical (unpaired) electrons. The SMILES string of the molecule is COc1ccc(N=CC23c4ccccc4C(c4ccccc42)[C@@H]2C(=O)N(c4ccccc4)C(=O)[C@H]23)cc1. The summed E-state index contributed by atoms with van der Waals surface area (Å²) in [5.74, 6) is -0.828. The molecule has 0 spiro atoms. The number of para-hydroxylation sites is 1. The number of methoxy groups -OCH3 is 1. The molecule has 2 atom stereocenters. The Hall–Kier alpha value is -4.51. The molecule has 1 saturated heterocycles. The van der Waals surface area contributed by atoms with Gasteiger partial charge in [0.25, 0.3) is 0 Å². The second-order valence-electron chi connectivity index (χ2n) is 9.83. The summed E-state index contributed by atoms with van der Waals surface area (Å²) in [5, 5.41) is 0. The zero-order chi connectivity index (χ0) is 25.1. The number of anilines is 1. The highest BCUT2D eigenvalue weighted by molar-refractivity contribution is 6.25. The first-order chi connectivity index (χ1) is 18.1. The minimum Gasteiger partial charge on any atom is -0.497 e. The van der Waals surface area contributed by atoms with E-state index in [2.05, 4.69) is 24.3 Å². The molecule has 4 aromatic carbocycles. The summed E-state index contributed by atoms with van der Waals surface area (Å²) >= 11 is 0. The van der Waals surface area contributed by atoms with Gasteiger partial charge >= 0.3 is 0 Å². The highest BCUT2D eigenvalue weighted by atomic mass is 16.5. The van der Waals surface area contributed by atoms with Crippen LogP contribution >= 0.6 is 0 Å². The van der Waals surface area contributed by atoms with E-state index in [1.807, 2.05) is 85.1 Å².